The third-order valence-electron chi connectivity index (χ3n) is 3.40. The lowest BCUT2D eigenvalue weighted by atomic mass is 10.0. The number of para-hydroxylation sites is 1. The zero-order valence-corrected chi connectivity index (χ0v) is 13.5. The number of hydrogen-bond acceptors (Lipinski definition) is 3. The maximum atomic E-state index is 11.9. The number of hydrogen-bond donors (Lipinski definition) is 3. The summed E-state index contributed by atoms with van der Waals surface area (Å²) in [6.45, 7) is 7.09. The van der Waals surface area contributed by atoms with Gasteiger partial charge in [0.05, 0.1) is 12.1 Å². The van der Waals surface area contributed by atoms with E-state index in [9.17, 15) is 9.90 Å². The van der Waals surface area contributed by atoms with Crippen molar-refractivity contribution in [3.05, 3.63) is 36.0 Å². The summed E-state index contributed by atoms with van der Waals surface area (Å²) < 4.78 is 5.26. The Hall–Kier alpha value is -2.01. The van der Waals surface area contributed by atoms with Crippen molar-refractivity contribution < 1.29 is 14.6 Å². The van der Waals surface area contributed by atoms with Crippen LogP contribution in [0.1, 0.15) is 33.3 Å². The molecule has 0 saturated carbocycles. The van der Waals surface area contributed by atoms with E-state index < -0.39 is 23.8 Å². The minimum Gasteiger partial charge on any atom is -0.444 e. The van der Waals surface area contributed by atoms with Crippen molar-refractivity contribution in [3.8, 4) is 0 Å². The summed E-state index contributed by atoms with van der Waals surface area (Å²) in [6.07, 6.45) is 1.25. The molecule has 3 N–H and O–H groups in total. The van der Waals surface area contributed by atoms with Gasteiger partial charge in [0.1, 0.15) is 5.60 Å². The molecule has 1 aromatic carbocycles. The number of aliphatic hydroxyl groups is 1. The third-order valence-corrected chi connectivity index (χ3v) is 3.40. The van der Waals surface area contributed by atoms with Crippen LogP contribution in [-0.2, 0) is 11.2 Å². The SMILES string of the molecule is CC(O)[C@@H](Cc1c[nH]c2ccccc12)NC(=O)OC(C)(C)C. The van der Waals surface area contributed by atoms with Crippen LogP contribution >= 0.6 is 0 Å². The van der Waals surface area contributed by atoms with E-state index in [1.807, 2.05) is 51.2 Å². The van der Waals surface area contributed by atoms with Crippen LogP contribution in [0, 0.1) is 0 Å². The lowest BCUT2D eigenvalue weighted by Gasteiger charge is -2.25. The highest BCUT2D eigenvalue weighted by Crippen LogP contribution is 2.20. The van der Waals surface area contributed by atoms with E-state index in [2.05, 4.69) is 10.3 Å². The lowest BCUT2D eigenvalue weighted by molar-refractivity contribution is 0.0438. The summed E-state index contributed by atoms with van der Waals surface area (Å²) >= 11 is 0. The number of H-pyrrole nitrogens is 1. The van der Waals surface area contributed by atoms with Gasteiger partial charge in [-0.05, 0) is 45.7 Å². The third kappa shape index (κ3) is 4.24. The highest BCUT2D eigenvalue weighted by Gasteiger charge is 2.23. The monoisotopic (exact) mass is 304 g/mol. The second-order valence-corrected chi connectivity index (χ2v) is 6.56. The number of benzene rings is 1. The first kappa shape index (κ1) is 16.4. The van der Waals surface area contributed by atoms with E-state index in [1.165, 1.54) is 0 Å². The predicted molar refractivity (Wildman–Crippen MR) is 86.8 cm³/mol. The molecular formula is C17H24N2O3. The van der Waals surface area contributed by atoms with Crippen molar-refractivity contribution in [2.75, 3.05) is 0 Å². The van der Waals surface area contributed by atoms with Gasteiger partial charge in [0.25, 0.3) is 0 Å². The molecule has 0 aliphatic rings. The standard InChI is InChI=1S/C17H24N2O3/c1-11(20)15(19-16(21)22-17(2,3)4)9-12-10-18-14-8-6-5-7-13(12)14/h5-8,10-11,15,18,20H,9H2,1-4H3,(H,19,21)/t11?,15-/m1/s1. The van der Waals surface area contributed by atoms with Crippen molar-refractivity contribution in [2.24, 2.45) is 0 Å². The molecule has 0 spiro atoms. The molecule has 0 aliphatic heterocycles. The van der Waals surface area contributed by atoms with Gasteiger partial charge < -0.3 is 20.1 Å². The highest BCUT2D eigenvalue weighted by atomic mass is 16.6. The first-order valence-electron chi connectivity index (χ1n) is 7.49. The van der Waals surface area contributed by atoms with E-state index in [0.717, 1.165) is 16.5 Å². The van der Waals surface area contributed by atoms with E-state index in [-0.39, 0.29) is 0 Å². The van der Waals surface area contributed by atoms with Gasteiger partial charge in [0.2, 0.25) is 0 Å². The number of carbonyl (C=O) groups is 1. The molecule has 0 radical (unpaired) electrons. The van der Waals surface area contributed by atoms with E-state index in [0.29, 0.717) is 6.42 Å². The number of amides is 1. The summed E-state index contributed by atoms with van der Waals surface area (Å²) in [6, 6.07) is 7.55. The molecule has 0 saturated heterocycles. The number of aromatic nitrogens is 1. The van der Waals surface area contributed by atoms with Crippen molar-refractivity contribution in [1.82, 2.24) is 10.3 Å². The molecule has 2 rings (SSSR count). The molecule has 0 aliphatic carbocycles. The second-order valence-electron chi connectivity index (χ2n) is 6.56. The van der Waals surface area contributed by atoms with Gasteiger partial charge in [-0.3, -0.25) is 0 Å². The smallest absolute Gasteiger partial charge is 0.407 e. The van der Waals surface area contributed by atoms with Gasteiger partial charge in [-0.25, -0.2) is 4.79 Å². The summed E-state index contributed by atoms with van der Waals surface area (Å²) in [5.41, 5.74) is 1.53. The van der Waals surface area contributed by atoms with Gasteiger partial charge in [-0.1, -0.05) is 18.2 Å². The van der Waals surface area contributed by atoms with Crippen molar-refractivity contribution >= 4 is 17.0 Å². The zero-order chi connectivity index (χ0) is 16.3. The van der Waals surface area contributed by atoms with Crippen LogP contribution < -0.4 is 5.32 Å². The quantitative estimate of drug-likeness (QED) is 0.813. The van der Waals surface area contributed by atoms with Crippen LogP contribution in [0.3, 0.4) is 0 Å². The number of ether oxygens (including phenoxy) is 1. The fourth-order valence-corrected chi connectivity index (χ4v) is 2.34. The van der Waals surface area contributed by atoms with Crippen LogP contribution in [0.4, 0.5) is 4.79 Å². The van der Waals surface area contributed by atoms with Gasteiger partial charge in [0.15, 0.2) is 0 Å². The summed E-state index contributed by atoms with van der Waals surface area (Å²) in [5.74, 6) is 0. The molecule has 2 atom stereocenters. The lowest BCUT2D eigenvalue weighted by Crippen LogP contribution is -2.45. The zero-order valence-electron chi connectivity index (χ0n) is 13.5. The molecule has 0 fully saturated rings. The average Bonchev–Trinajstić information content (AvgIpc) is 2.79. The fraction of sp³-hybridized carbons (Fsp3) is 0.471. The minimum absolute atomic E-state index is 0.408. The topological polar surface area (TPSA) is 74.4 Å². The Morgan fingerprint density at radius 2 is 2.05 bits per heavy atom. The molecular weight excluding hydrogens is 280 g/mol. The number of alkyl carbamates (subject to hydrolysis) is 1. The van der Waals surface area contributed by atoms with E-state index >= 15 is 0 Å². The van der Waals surface area contributed by atoms with Gasteiger partial charge in [0, 0.05) is 17.1 Å². The van der Waals surface area contributed by atoms with Crippen molar-refractivity contribution in [2.45, 2.75) is 51.9 Å². The maximum absolute atomic E-state index is 11.9. The Morgan fingerprint density at radius 3 is 2.68 bits per heavy atom. The molecule has 120 valence electrons. The number of carbonyl (C=O) groups excluding carboxylic acids is 1. The van der Waals surface area contributed by atoms with E-state index in [4.69, 9.17) is 4.74 Å². The van der Waals surface area contributed by atoms with E-state index in [1.54, 1.807) is 6.92 Å². The highest BCUT2D eigenvalue weighted by molar-refractivity contribution is 5.83. The molecule has 5 heteroatoms. The number of fused-ring (bicyclic) bond motifs is 1. The Kier molecular flexibility index (Phi) is 4.76. The van der Waals surface area contributed by atoms with Crippen molar-refractivity contribution in [1.29, 1.82) is 0 Å². The summed E-state index contributed by atoms with van der Waals surface area (Å²) in [5, 5.41) is 13.8. The van der Waals surface area contributed by atoms with Gasteiger partial charge in [-0.2, -0.15) is 0 Å². The largest absolute Gasteiger partial charge is 0.444 e. The van der Waals surface area contributed by atoms with Crippen LogP contribution in [0.5, 0.6) is 0 Å². The Balaban J connectivity index is 2.11. The molecule has 1 aromatic heterocycles. The number of rotatable bonds is 4. The summed E-state index contributed by atoms with van der Waals surface area (Å²) in [7, 11) is 0. The Morgan fingerprint density at radius 1 is 1.36 bits per heavy atom. The fourth-order valence-electron chi connectivity index (χ4n) is 2.34. The van der Waals surface area contributed by atoms with Gasteiger partial charge in [-0.15, -0.1) is 0 Å². The normalized spacial score (nSPS) is 14.6. The molecule has 5 nitrogen and oxygen atoms in total. The Labute approximate surface area is 130 Å². The predicted octanol–water partition coefficient (Wildman–Crippen LogP) is 2.98. The van der Waals surface area contributed by atoms with Crippen LogP contribution in [0.25, 0.3) is 10.9 Å². The van der Waals surface area contributed by atoms with Gasteiger partial charge >= 0.3 is 6.09 Å². The second kappa shape index (κ2) is 6.40. The Bertz CT molecular complexity index is 641. The first-order valence-corrected chi connectivity index (χ1v) is 7.49. The minimum atomic E-state index is -0.679. The molecule has 1 unspecified atom stereocenters. The van der Waals surface area contributed by atoms with Crippen molar-refractivity contribution in [3.63, 3.8) is 0 Å². The number of aliphatic hydroxyl groups excluding tert-OH is 1. The average molecular weight is 304 g/mol. The maximum Gasteiger partial charge on any atom is 0.407 e. The van der Waals surface area contributed by atoms with Crippen LogP contribution in [-0.4, -0.2) is 33.9 Å². The molecule has 22 heavy (non-hydrogen) atoms. The number of nitrogens with one attached hydrogen (secondary N) is 2. The summed E-state index contributed by atoms with van der Waals surface area (Å²) in [4.78, 5) is 15.1. The molecule has 1 amide bonds. The first-order chi connectivity index (χ1) is 10.3. The van der Waals surface area contributed by atoms with Crippen LogP contribution in [0.15, 0.2) is 30.5 Å². The molecule has 1 heterocycles. The number of aromatic amines is 1. The molecule has 2 aromatic rings. The molecule has 0 bridgehead atoms. The van der Waals surface area contributed by atoms with Crippen LogP contribution in [0.2, 0.25) is 0 Å².